The number of benzene rings is 1. The number of allylic oxidation sites excluding steroid dienone is 3. The Morgan fingerprint density at radius 1 is 1.35 bits per heavy atom. The molecule has 1 atom stereocenters. The number of hydrogen-bond donors (Lipinski definition) is 3. The van der Waals surface area contributed by atoms with E-state index in [-0.39, 0.29) is 23.0 Å². The van der Waals surface area contributed by atoms with E-state index in [1.54, 1.807) is 6.08 Å². The van der Waals surface area contributed by atoms with Gasteiger partial charge in [0.2, 0.25) is 0 Å². The van der Waals surface area contributed by atoms with Gasteiger partial charge in [0.15, 0.2) is 0 Å². The van der Waals surface area contributed by atoms with E-state index in [1.165, 1.54) is 11.6 Å². The largest absolute Gasteiger partial charge is 0.507 e. The molecule has 0 aromatic heterocycles. The molecule has 1 aromatic rings. The molecule has 1 aromatic carbocycles. The van der Waals surface area contributed by atoms with Crippen molar-refractivity contribution in [3.63, 3.8) is 0 Å². The Morgan fingerprint density at radius 3 is 2.38 bits per heavy atom. The first-order valence-corrected chi connectivity index (χ1v) is 9.42. The molecule has 0 saturated carbocycles. The molecule has 3 N–H and O–H groups in total. The Hall–Kier alpha value is -2.23. The molecule has 4 heteroatoms. The summed E-state index contributed by atoms with van der Waals surface area (Å²) in [6.45, 7) is 13.2. The van der Waals surface area contributed by atoms with Gasteiger partial charge in [0.25, 0.3) is 0 Å². The van der Waals surface area contributed by atoms with Gasteiger partial charge in [-0.15, -0.1) is 6.58 Å². The molecule has 0 radical (unpaired) electrons. The maximum Gasteiger partial charge on any atom is 0.339 e. The van der Waals surface area contributed by atoms with Crippen LogP contribution in [0.15, 0.2) is 30.4 Å². The Labute approximate surface area is 157 Å². The van der Waals surface area contributed by atoms with Crippen LogP contribution in [0.4, 0.5) is 0 Å². The molecular formula is C22H34O4. The number of phenols is 2. The maximum atomic E-state index is 11.5. The standard InChI is InChI=1S/C17H22O4.C3H6.C2H6/c1-3-5-11-9-13(18)14(16(19)15(11)17(20)21)12-7-4-6-10(2)8-12;1-3-2;1-2/h8-9,12,18-19H,3-7H2,1-2H3,(H,20,21);3H,1H2,2H3;1-2H3/t12-;;/m0../s1. The van der Waals surface area contributed by atoms with E-state index in [2.05, 4.69) is 6.58 Å². The van der Waals surface area contributed by atoms with E-state index >= 15 is 0 Å². The third-order valence-electron chi connectivity index (χ3n) is 4.08. The number of phenolic OH excluding ortho intramolecular Hbond substituents is 1. The van der Waals surface area contributed by atoms with Crippen molar-refractivity contribution in [1.29, 1.82) is 0 Å². The van der Waals surface area contributed by atoms with Crippen LogP contribution in [0.2, 0.25) is 0 Å². The van der Waals surface area contributed by atoms with Crippen LogP contribution < -0.4 is 0 Å². The smallest absolute Gasteiger partial charge is 0.339 e. The SMILES string of the molecule is C=CC.CC.CCCc1cc(O)c([C@@H]2C=C(C)CCC2)c(O)c1C(=O)O. The molecule has 1 aliphatic carbocycles. The third kappa shape index (κ3) is 6.25. The summed E-state index contributed by atoms with van der Waals surface area (Å²) in [5.74, 6) is -1.54. The van der Waals surface area contributed by atoms with Crippen LogP contribution in [-0.2, 0) is 6.42 Å². The van der Waals surface area contributed by atoms with Gasteiger partial charge >= 0.3 is 5.97 Å². The molecular weight excluding hydrogens is 328 g/mol. The predicted octanol–water partition coefficient (Wildman–Crippen LogP) is 6.18. The topological polar surface area (TPSA) is 77.8 Å². The summed E-state index contributed by atoms with van der Waals surface area (Å²) >= 11 is 0. The second-order valence-corrected chi connectivity index (χ2v) is 6.17. The summed E-state index contributed by atoms with van der Waals surface area (Å²) < 4.78 is 0. The van der Waals surface area contributed by atoms with E-state index in [9.17, 15) is 20.1 Å². The van der Waals surface area contributed by atoms with Crippen molar-refractivity contribution in [3.8, 4) is 11.5 Å². The van der Waals surface area contributed by atoms with Crippen LogP contribution in [0, 0.1) is 0 Å². The molecule has 0 fully saturated rings. The quantitative estimate of drug-likeness (QED) is 0.559. The second-order valence-electron chi connectivity index (χ2n) is 6.17. The highest BCUT2D eigenvalue weighted by Gasteiger charge is 2.27. The van der Waals surface area contributed by atoms with Gasteiger partial charge in [-0.25, -0.2) is 4.79 Å². The number of carboxylic acids is 1. The molecule has 0 saturated heterocycles. The fraction of sp³-hybridized carbons (Fsp3) is 0.500. The van der Waals surface area contributed by atoms with Crippen LogP contribution in [0.1, 0.15) is 87.7 Å². The van der Waals surface area contributed by atoms with Crippen LogP contribution in [0.5, 0.6) is 11.5 Å². The molecule has 0 spiro atoms. The molecule has 0 heterocycles. The summed E-state index contributed by atoms with van der Waals surface area (Å²) in [7, 11) is 0. The number of hydrogen-bond acceptors (Lipinski definition) is 3. The first-order valence-electron chi connectivity index (χ1n) is 9.42. The van der Waals surface area contributed by atoms with Crippen molar-refractivity contribution >= 4 is 5.97 Å². The first-order chi connectivity index (χ1) is 12.4. The molecule has 0 amide bonds. The lowest BCUT2D eigenvalue weighted by Gasteiger charge is -2.23. The zero-order valence-electron chi connectivity index (χ0n) is 16.8. The summed E-state index contributed by atoms with van der Waals surface area (Å²) in [6.07, 6.45) is 7.83. The fourth-order valence-electron chi connectivity index (χ4n) is 3.13. The number of carbonyl (C=O) groups is 1. The van der Waals surface area contributed by atoms with E-state index in [0.29, 0.717) is 17.5 Å². The van der Waals surface area contributed by atoms with E-state index in [4.69, 9.17) is 0 Å². The van der Waals surface area contributed by atoms with Crippen LogP contribution in [-0.4, -0.2) is 21.3 Å². The first kappa shape index (κ1) is 23.8. The minimum absolute atomic E-state index is 0.00287. The summed E-state index contributed by atoms with van der Waals surface area (Å²) in [5.41, 5.74) is 1.98. The summed E-state index contributed by atoms with van der Waals surface area (Å²) in [4.78, 5) is 11.5. The van der Waals surface area contributed by atoms with E-state index in [0.717, 1.165) is 25.7 Å². The predicted molar refractivity (Wildman–Crippen MR) is 108 cm³/mol. The number of aryl methyl sites for hydroxylation is 1. The van der Waals surface area contributed by atoms with Crippen molar-refractivity contribution in [1.82, 2.24) is 0 Å². The van der Waals surface area contributed by atoms with Crippen LogP contribution >= 0.6 is 0 Å². The normalized spacial score (nSPS) is 15.6. The summed E-state index contributed by atoms with van der Waals surface area (Å²) in [5, 5.41) is 30.1. The van der Waals surface area contributed by atoms with Gasteiger partial charge in [-0.2, -0.15) is 0 Å². The average molecular weight is 363 g/mol. The Morgan fingerprint density at radius 2 is 1.92 bits per heavy atom. The Balaban J connectivity index is 0.00000113. The molecule has 0 aliphatic heterocycles. The molecule has 146 valence electrons. The lowest BCUT2D eigenvalue weighted by atomic mass is 9.83. The Kier molecular flexibility index (Phi) is 11.1. The number of rotatable bonds is 4. The number of carboxylic acid groups (broad SMARTS) is 1. The van der Waals surface area contributed by atoms with Crippen molar-refractivity contribution in [2.45, 2.75) is 72.6 Å². The van der Waals surface area contributed by atoms with Gasteiger partial charge in [0, 0.05) is 11.5 Å². The summed E-state index contributed by atoms with van der Waals surface area (Å²) in [6, 6.07) is 1.50. The van der Waals surface area contributed by atoms with Crippen LogP contribution in [0.3, 0.4) is 0 Å². The minimum atomic E-state index is -1.14. The van der Waals surface area contributed by atoms with Gasteiger partial charge in [-0.05, 0) is 51.2 Å². The molecule has 1 aliphatic rings. The average Bonchev–Trinajstić information content (AvgIpc) is 2.57. The molecule has 2 rings (SSSR count). The Bertz CT molecular complexity index is 630. The van der Waals surface area contributed by atoms with Crippen LogP contribution in [0.25, 0.3) is 0 Å². The third-order valence-corrected chi connectivity index (χ3v) is 4.08. The minimum Gasteiger partial charge on any atom is -0.507 e. The van der Waals surface area contributed by atoms with Gasteiger partial charge in [0.05, 0.1) is 0 Å². The molecule has 4 nitrogen and oxygen atoms in total. The molecule has 26 heavy (non-hydrogen) atoms. The maximum absolute atomic E-state index is 11.5. The van der Waals surface area contributed by atoms with Crippen molar-refractivity contribution in [2.75, 3.05) is 0 Å². The van der Waals surface area contributed by atoms with E-state index < -0.39 is 5.97 Å². The van der Waals surface area contributed by atoms with Gasteiger partial charge < -0.3 is 15.3 Å². The van der Waals surface area contributed by atoms with Gasteiger partial charge in [-0.1, -0.05) is 44.9 Å². The lowest BCUT2D eigenvalue weighted by Crippen LogP contribution is -2.09. The monoisotopic (exact) mass is 362 g/mol. The highest BCUT2D eigenvalue weighted by Crippen LogP contribution is 2.43. The molecule has 0 unspecified atom stereocenters. The highest BCUT2D eigenvalue weighted by molar-refractivity contribution is 5.94. The number of aromatic hydroxyl groups is 2. The molecule has 0 bridgehead atoms. The van der Waals surface area contributed by atoms with Gasteiger partial charge in [0.1, 0.15) is 17.1 Å². The zero-order valence-corrected chi connectivity index (χ0v) is 16.8. The highest BCUT2D eigenvalue weighted by atomic mass is 16.4. The van der Waals surface area contributed by atoms with E-state index in [1.807, 2.05) is 40.7 Å². The zero-order chi connectivity index (χ0) is 20.3. The van der Waals surface area contributed by atoms with Crippen molar-refractivity contribution in [2.24, 2.45) is 0 Å². The lowest BCUT2D eigenvalue weighted by molar-refractivity contribution is 0.0692. The van der Waals surface area contributed by atoms with Crippen molar-refractivity contribution in [3.05, 3.63) is 47.1 Å². The fourth-order valence-corrected chi connectivity index (χ4v) is 3.13. The second kappa shape index (κ2) is 12.2. The van der Waals surface area contributed by atoms with Crippen molar-refractivity contribution < 1.29 is 20.1 Å². The van der Waals surface area contributed by atoms with Gasteiger partial charge in [-0.3, -0.25) is 0 Å². The number of aromatic carboxylic acids is 1.